The van der Waals surface area contributed by atoms with Crippen molar-refractivity contribution in [1.82, 2.24) is 20.3 Å². The monoisotopic (exact) mass is 395 g/mol. The molecule has 0 atom stereocenters. The number of nitrogens with zero attached hydrogens (tertiary/aromatic N) is 3. The second kappa shape index (κ2) is 7.56. The van der Waals surface area contributed by atoms with Crippen LogP contribution in [0.1, 0.15) is 36.6 Å². The zero-order chi connectivity index (χ0) is 18.9. The Balaban J connectivity index is 1.56. The van der Waals surface area contributed by atoms with Gasteiger partial charge in [0, 0.05) is 23.7 Å². The molecular formula is C21H22FN5S. The number of thiazole rings is 1. The van der Waals surface area contributed by atoms with Crippen molar-refractivity contribution in [2.75, 3.05) is 18.4 Å². The van der Waals surface area contributed by atoms with Crippen molar-refractivity contribution in [3.8, 4) is 21.8 Å². The minimum absolute atomic E-state index is 0.239. The first-order valence-corrected chi connectivity index (χ1v) is 10.7. The summed E-state index contributed by atoms with van der Waals surface area (Å²) in [5.41, 5.74) is 2.67. The van der Waals surface area contributed by atoms with Crippen LogP contribution < -0.4 is 10.6 Å². The summed E-state index contributed by atoms with van der Waals surface area (Å²) in [6, 6.07) is 9.00. The second-order valence-corrected chi connectivity index (χ2v) is 8.48. The molecule has 2 aromatic heterocycles. The van der Waals surface area contributed by atoms with Gasteiger partial charge in [-0.3, -0.25) is 0 Å². The molecular weight excluding hydrogens is 373 g/mol. The molecule has 2 aliphatic rings. The fraction of sp³-hybridized carbons (Fsp3) is 0.381. The predicted molar refractivity (Wildman–Crippen MR) is 110 cm³/mol. The quantitative estimate of drug-likeness (QED) is 0.668. The number of piperidine rings is 1. The van der Waals surface area contributed by atoms with Crippen LogP contribution in [0.5, 0.6) is 0 Å². The molecule has 1 saturated carbocycles. The van der Waals surface area contributed by atoms with Crippen molar-refractivity contribution >= 4 is 17.3 Å². The van der Waals surface area contributed by atoms with Gasteiger partial charge in [-0.1, -0.05) is 0 Å². The third-order valence-corrected chi connectivity index (χ3v) is 6.49. The average molecular weight is 396 g/mol. The van der Waals surface area contributed by atoms with Crippen LogP contribution in [0, 0.1) is 5.82 Å². The van der Waals surface area contributed by atoms with Crippen LogP contribution in [0.2, 0.25) is 0 Å². The summed E-state index contributed by atoms with van der Waals surface area (Å²) < 4.78 is 13.4. The minimum atomic E-state index is -0.239. The fourth-order valence-electron chi connectivity index (χ4n) is 3.52. The Hall–Kier alpha value is -2.38. The van der Waals surface area contributed by atoms with Gasteiger partial charge in [0.2, 0.25) is 5.95 Å². The molecule has 0 unspecified atom stereocenters. The molecule has 1 aliphatic carbocycles. The molecule has 2 N–H and O–H groups in total. The molecule has 3 aromatic rings. The van der Waals surface area contributed by atoms with Gasteiger partial charge in [0.1, 0.15) is 5.82 Å². The molecule has 0 amide bonds. The Morgan fingerprint density at radius 1 is 1.00 bits per heavy atom. The summed E-state index contributed by atoms with van der Waals surface area (Å²) in [5, 5.41) is 7.92. The third-order valence-electron chi connectivity index (χ3n) is 5.25. The molecule has 0 radical (unpaired) electrons. The highest BCUT2D eigenvalue weighted by molar-refractivity contribution is 7.15. The lowest BCUT2D eigenvalue weighted by Crippen LogP contribution is -2.26. The Morgan fingerprint density at radius 3 is 2.54 bits per heavy atom. The standard InChI is InChI=1S/C21H22FN5S/c22-15-3-1-13(2-4-15)18-19(28-20(27-18)14-7-10-23-11-8-14)17-9-12-24-21(26-17)25-16-5-6-16/h1-4,9,12,14,16,23H,5-8,10-11H2,(H,24,25,26). The number of hydrogen-bond donors (Lipinski definition) is 2. The highest BCUT2D eigenvalue weighted by Gasteiger charge is 2.25. The van der Waals surface area contributed by atoms with E-state index in [4.69, 9.17) is 9.97 Å². The lowest BCUT2D eigenvalue weighted by atomic mass is 9.99. The van der Waals surface area contributed by atoms with Gasteiger partial charge in [-0.05, 0) is 69.1 Å². The first kappa shape index (κ1) is 17.7. The molecule has 0 spiro atoms. The molecule has 1 saturated heterocycles. The van der Waals surface area contributed by atoms with Gasteiger partial charge in [0.05, 0.1) is 21.3 Å². The number of rotatable bonds is 5. The van der Waals surface area contributed by atoms with Crippen LogP contribution in [0.25, 0.3) is 21.8 Å². The summed E-state index contributed by atoms with van der Waals surface area (Å²) in [6.07, 6.45) is 6.33. The van der Waals surface area contributed by atoms with Gasteiger partial charge in [-0.2, -0.15) is 0 Å². The Morgan fingerprint density at radius 2 is 1.79 bits per heavy atom. The van der Waals surface area contributed by atoms with E-state index in [2.05, 4.69) is 15.6 Å². The van der Waals surface area contributed by atoms with E-state index in [1.807, 2.05) is 6.07 Å². The predicted octanol–water partition coefficient (Wildman–Crippen LogP) is 4.45. The first-order valence-electron chi connectivity index (χ1n) is 9.83. The molecule has 28 heavy (non-hydrogen) atoms. The van der Waals surface area contributed by atoms with Crippen LogP contribution in [-0.2, 0) is 0 Å². The van der Waals surface area contributed by atoms with Crippen LogP contribution in [0.3, 0.4) is 0 Å². The Bertz CT molecular complexity index is 961. The first-order chi connectivity index (χ1) is 13.8. The van der Waals surface area contributed by atoms with Gasteiger partial charge in [-0.15, -0.1) is 11.3 Å². The molecule has 2 fully saturated rings. The molecule has 7 heteroatoms. The maximum absolute atomic E-state index is 13.4. The van der Waals surface area contributed by atoms with Crippen molar-refractivity contribution in [2.45, 2.75) is 37.6 Å². The maximum Gasteiger partial charge on any atom is 0.223 e. The average Bonchev–Trinajstić information content (AvgIpc) is 3.43. The number of anilines is 1. The van der Waals surface area contributed by atoms with Crippen molar-refractivity contribution in [2.24, 2.45) is 0 Å². The number of aromatic nitrogens is 3. The lowest BCUT2D eigenvalue weighted by molar-refractivity contribution is 0.459. The third kappa shape index (κ3) is 3.77. The summed E-state index contributed by atoms with van der Waals surface area (Å²) in [5.74, 6) is 0.893. The zero-order valence-electron chi connectivity index (χ0n) is 15.5. The summed E-state index contributed by atoms with van der Waals surface area (Å²) >= 11 is 1.71. The van der Waals surface area contributed by atoms with Gasteiger partial charge in [-0.25, -0.2) is 19.3 Å². The Kier molecular flexibility index (Phi) is 4.78. The topological polar surface area (TPSA) is 62.7 Å². The largest absolute Gasteiger partial charge is 0.351 e. The second-order valence-electron chi connectivity index (χ2n) is 7.45. The van der Waals surface area contributed by atoms with Gasteiger partial charge >= 0.3 is 0 Å². The van der Waals surface area contributed by atoms with Gasteiger partial charge < -0.3 is 10.6 Å². The summed E-state index contributed by atoms with van der Waals surface area (Å²) in [4.78, 5) is 15.1. The number of nitrogens with one attached hydrogen (secondary N) is 2. The summed E-state index contributed by atoms with van der Waals surface area (Å²) in [6.45, 7) is 2.04. The van der Waals surface area contributed by atoms with E-state index in [1.165, 1.54) is 25.0 Å². The highest BCUT2D eigenvalue weighted by atomic mass is 32.1. The highest BCUT2D eigenvalue weighted by Crippen LogP contribution is 2.40. The van der Waals surface area contributed by atoms with E-state index < -0.39 is 0 Å². The molecule has 3 heterocycles. The van der Waals surface area contributed by atoms with E-state index in [0.717, 1.165) is 52.8 Å². The van der Waals surface area contributed by atoms with E-state index >= 15 is 0 Å². The molecule has 5 rings (SSSR count). The van der Waals surface area contributed by atoms with Gasteiger partial charge in [0.25, 0.3) is 0 Å². The van der Waals surface area contributed by atoms with Crippen molar-refractivity contribution in [1.29, 1.82) is 0 Å². The van der Waals surface area contributed by atoms with Crippen LogP contribution >= 0.6 is 11.3 Å². The van der Waals surface area contributed by atoms with Gasteiger partial charge in [0.15, 0.2) is 0 Å². The molecule has 5 nitrogen and oxygen atoms in total. The molecule has 144 valence electrons. The SMILES string of the molecule is Fc1ccc(-c2nc(C3CCNCC3)sc2-c2ccnc(NC3CC3)n2)cc1. The smallest absolute Gasteiger partial charge is 0.223 e. The van der Waals surface area contributed by atoms with Crippen LogP contribution in [0.15, 0.2) is 36.5 Å². The van der Waals surface area contributed by atoms with Crippen LogP contribution in [-0.4, -0.2) is 34.1 Å². The molecule has 0 bridgehead atoms. The van der Waals surface area contributed by atoms with E-state index in [-0.39, 0.29) is 5.82 Å². The van der Waals surface area contributed by atoms with E-state index in [0.29, 0.717) is 17.9 Å². The molecule has 1 aromatic carbocycles. The number of halogens is 1. The van der Waals surface area contributed by atoms with Crippen molar-refractivity contribution in [3.63, 3.8) is 0 Å². The van der Waals surface area contributed by atoms with Crippen LogP contribution in [0.4, 0.5) is 10.3 Å². The Labute approximate surface area is 167 Å². The minimum Gasteiger partial charge on any atom is -0.351 e. The number of benzene rings is 1. The van der Waals surface area contributed by atoms with E-state index in [1.54, 1.807) is 29.7 Å². The summed E-state index contributed by atoms with van der Waals surface area (Å²) in [7, 11) is 0. The zero-order valence-corrected chi connectivity index (χ0v) is 16.3. The van der Waals surface area contributed by atoms with E-state index in [9.17, 15) is 4.39 Å². The number of hydrogen-bond acceptors (Lipinski definition) is 6. The lowest BCUT2D eigenvalue weighted by Gasteiger charge is -2.20. The normalized spacial score (nSPS) is 17.6. The fourth-order valence-corrected chi connectivity index (χ4v) is 4.75. The maximum atomic E-state index is 13.4. The van der Waals surface area contributed by atoms with Crippen molar-refractivity contribution < 1.29 is 4.39 Å². The van der Waals surface area contributed by atoms with Crippen molar-refractivity contribution in [3.05, 3.63) is 47.4 Å². The molecule has 1 aliphatic heterocycles.